The molecular weight excluding hydrogens is 206 g/mol. The van der Waals surface area contributed by atoms with Crippen molar-refractivity contribution in [3.63, 3.8) is 0 Å². The number of rotatable bonds is 10. The highest BCUT2D eigenvalue weighted by Gasteiger charge is 1.98. The van der Waals surface area contributed by atoms with Gasteiger partial charge in [-0.25, -0.2) is 0 Å². The van der Waals surface area contributed by atoms with E-state index in [-0.39, 0.29) is 5.97 Å². The van der Waals surface area contributed by atoms with Crippen LogP contribution >= 0.6 is 0 Å². The van der Waals surface area contributed by atoms with Crippen LogP contribution in [0.5, 0.6) is 0 Å². The van der Waals surface area contributed by atoms with Crippen molar-refractivity contribution in [3.05, 3.63) is 0 Å². The first kappa shape index (κ1) is 15.4. The summed E-state index contributed by atoms with van der Waals surface area (Å²) >= 11 is 0. The van der Waals surface area contributed by atoms with E-state index in [1.807, 2.05) is 0 Å². The summed E-state index contributed by atoms with van der Waals surface area (Å²) < 4.78 is 9.98. The van der Waals surface area contributed by atoms with Crippen LogP contribution in [0, 0.1) is 5.92 Å². The number of ether oxygens (including phenoxy) is 2. The number of hydrogen-bond donors (Lipinski definition) is 1. The Balaban J connectivity index is 3.01. The minimum absolute atomic E-state index is 0.144. The van der Waals surface area contributed by atoms with Crippen LogP contribution in [0.3, 0.4) is 0 Å². The van der Waals surface area contributed by atoms with Crippen molar-refractivity contribution in [1.82, 2.24) is 5.32 Å². The first-order valence-corrected chi connectivity index (χ1v) is 6.02. The average molecular weight is 231 g/mol. The molecule has 96 valence electrons. The molecule has 0 fully saturated rings. The number of carbonyl (C=O) groups is 1. The van der Waals surface area contributed by atoms with Crippen molar-refractivity contribution in [2.45, 2.75) is 33.1 Å². The largest absolute Gasteiger partial charge is 0.469 e. The van der Waals surface area contributed by atoms with Gasteiger partial charge in [0.2, 0.25) is 0 Å². The van der Waals surface area contributed by atoms with Gasteiger partial charge in [-0.15, -0.1) is 0 Å². The molecule has 0 aromatic rings. The van der Waals surface area contributed by atoms with E-state index < -0.39 is 0 Å². The number of methoxy groups -OCH3 is 1. The molecule has 0 aliphatic rings. The minimum atomic E-state index is -0.144. The molecule has 0 atom stereocenters. The van der Waals surface area contributed by atoms with Crippen molar-refractivity contribution >= 4 is 5.97 Å². The molecule has 0 amide bonds. The van der Waals surface area contributed by atoms with Gasteiger partial charge in [0, 0.05) is 19.6 Å². The van der Waals surface area contributed by atoms with Crippen molar-refractivity contribution in [3.8, 4) is 0 Å². The fourth-order valence-electron chi connectivity index (χ4n) is 1.15. The van der Waals surface area contributed by atoms with Crippen molar-refractivity contribution in [1.29, 1.82) is 0 Å². The monoisotopic (exact) mass is 231 g/mol. The molecule has 0 rings (SSSR count). The van der Waals surface area contributed by atoms with Crippen LogP contribution < -0.4 is 5.32 Å². The Hall–Kier alpha value is -0.610. The van der Waals surface area contributed by atoms with Crippen molar-refractivity contribution < 1.29 is 14.3 Å². The lowest BCUT2D eigenvalue weighted by molar-refractivity contribution is -0.140. The van der Waals surface area contributed by atoms with Crippen LogP contribution in [0.1, 0.15) is 33.1 Å². The molecule has 0 spiro atoms. The maximum atomic E-state index is 10.8. The third-order valence-corrected chi connectivity index (χ3v) is 2.22. The second-order valence-corrected chi connectivity index (χ2v) is 4.22. The number of hydrogen-bond acceptors (Lipinski definition) is 4. The predicted molar refractivity (Wildman–Crippen MR) is 64.4 cm³/mol. The molecule has 0 aliphatic heterocycles. The third kappa shape index (κ3) is 11.5. The van der Waals surface area contributed by atoms with Gasteiger partial charge in [0.25, 0.3) is 0 Å². The quantitative estimate of drug-likeness (QED) is 0.458. The van der Waals surface area contributed by atoms with Gasteiger partial charge in [0.05, 0.1) is 13.7 Å². The highest BCUT2D eigenvalue weighted by molar-refractivity contribution is 5.68. The Morgan fingerprint density at radius 3 is 2.62 bits per heavy atom. The van der Waals surface area contributed by atoms with Crippen molar-refractivity contribution in [2.24, 2.45) is 5.92 Å². The Morgan fingerprint density at radius 2 is 2.00 bits per heavy atom. The average Bonchev–Trinajstić information content (AvgIpc) is 2.26. The summed E-state index contributed by atoms with van der Waals surface area (Å²) in [5.41, 5.74) is 0. The Bertz CT molecular complexity index is 172. The van der Waals surface area contributed by atoms with Gasteiger partial charge in [-0.3, -0.25) is 4.79 Å². The van der Waals surface area contributed by atoms with Crippen LogP contribution in [0.4, 0.5) is 0 Å². The summed E-state index contributed by atoms with van der Waals surface area (Å²) in [5, 5.41) is 3.22. The first-order chi connectivity index (χ1) is 7.66. The predicted octanol–water partition coefficient (Wildman–Crippen LogP) is 1.59. The summed E-state index contributed by atoms with van der Waals surface area (Å²) in [6.45, 7) is 7.64. The zero-order chi connectivity index (χ0) is 12.2. The van der Waals surface area contributed by atoms with E-state index in [9.17, 15) is 4.79 Å². The van der Waals surface area contributed by atoms with Crippen LogP contribution in [-0.4, -0.2) is 39.4 Å². The van der Waals surface area contributed by atoms with Crippen LogP contribution in [-0.2, 0) is 14.3 Å². The number of carbonyl (C=O) groups excluding carboxylic acids is 1. The lowest BCUT2D eigenvalue weighted by Gasteiger charge is -2.07. The molecule has 4 nitrogen and oxygen atoms in total. The maximum absolute atomic E-state index is 10.8. The Morgan fingerprint density at radius 1 is 1.25 bits per heavy atom. The van der Waals surface area contributed by atoms with E-state index in [4.69, 9.17) is 4.74 Å². The van der Waals surface area contributed by atoms with Gasteiger partial charge in [-0.05, 0) is 25.3 Å². The molecule has 0 bridgehead atoms. The molecule has 0 saturated carbocycles. The number of esters is 1. The molecule has 0 heterocycles. The molecule has 0 unspecified atom stereocenters. The van der Waals surface area contributed by atoms with Gasteiger partial charge in [-0.2, -0.15) is 0 Å². The zero-order valence-electron chi connectivity index (χ0n) is 10.8. The van der Waals surface area contributed by atoms with Crippen LogP contribution in [0.15, 0.2) is 0 Å². The highest BCUT2D eigenvalue weighted by Crippen LogP contribution is 1.98. The molecule has 16 heavy (non-hydrogen) atoms. The molecule has 0 saturated heterocycles. The van der Waals surface area contributed by atoms with E-state index in [2.05, 4.69) is 23.9 Å². The van der Waals surface area contributed by atoms with E-state index in [1.54, 1.807) is 0 Å². The molecule has 0 radical (unpaired) electrons. The molecule has 0 aromatic carbocycles. The standard InChI is InChI=1S/C12H25NO3/c1-11(2)6-9-16-10-8-13-7-4-5-12(14)15-3/h11,13H,4-10H2,1-3H3. The lowest BCUT2D eigenvalue weighted by atomic mass is 10.1. The van der Waals surface area contributed by atoms with Crippen LogP contribution in [0.2, 0.25) is 0 Å². The fraction of sp³-hybridized carbons (Fsp3) is 0.917. The Kier molecular flexibility index (Phi) is 10.5. The van der Waals surface area contributed by atoms with E-state index in [0.717, 1.165) is 39.1 Å². The topological polar surface area (TPSA) is 47.6 Å². The van der Waals surface area contributed by atoms with Gasteiger partial charge in [-0.1, -0.05) is 13.8 Å². The summed E-state index contributed by atoms with van der Waals surface area (Å²) in [6, 6.07) is 0. The fourth-order valence-corrected chi connectivity index (χ4v) is 1.15. The molecular formula is C12H25NO3. The maximum Gasteiger partial charge on any atom is 0.305 e. The first-order valence-electron chi connectivity index (χ1n) is 6.02. The molecule has 0 aromatic heterocycles. The SMILES string of the molecule is COC(=O)CCCNCCOCCC(C)C. The second-order valence-electron chi connectivity index (χ2n) is 4.22. The van der Waals surface area contributed by atoms with E-state index in [1.165, 1.54) is 7.11 Å². The lowest BCUT2D eigenvalue weighted by Crippen LogP contribution is -2.22. The second kappa shape index (κ2) is 10.9. The molecule has 0 aliphatic carbocycles. The Labute approximate surface area is 98.7 Å². The summed E-state index contributed by atoms with van der Waals surface area (Å²) in [6.07, 6.45) is 2.42. The summed E-state index contributed by atoms with van der Waals surface area (Å²) in [4.78, 5) is 10.8. The van der Waals surface area contributed by atoms with Crippen LogP contribution in [0.25, 0.3) is 0 Å². The zero-order valence-corrected chi connectivity index (χ0v) is 10.8. The third-order valence-electron chi connectivity index (χ3n) is 2.22. The van der Waals surface area contributed by atoms with Gasteiger partial charge in [0.1, 0.15) is 0 Å². The van der Waals surface area contributed by atoms with E-state index in [0.29, 0.717) is 12.3 Å². The minimum Gasteiger partial charge on any atom is -0.469 e. The number of nitrogens with one attached hydrogen (secondary N) is 1. The van der Waals surface area contributed by atoms with Crippen molar-refractivity contribution in [2.75, 3.05) is 33.4 Å². The normalized spacial score (nSPS) is 10.8. The smallest absolute Gasteiger partial charge is 0.305 e. The highest BCUT2D eigenvalue weighted by atomic mass is 16.5. The summed E-state index contributed by atoms with van der Waals surface area (Å²) in [7, 11) is 1.42. The summed E-state index contributed by atoms with van der Waals surface area (Å²) in [5.74, 6) is 0.558. The molecule has 4 heteroatoms. The molecule has 1 N–H and O–H groups in total. The van der Waals surface area contributed by atoms with Gasteiger partial charge < -0.3 is 14.8 Å². The van der Waals surface area contributed by atoms with Gasteiger partial charge >= 0.3 is 5.97 Å². The van der Waals surface area contributed by atoms with Gasteiger partial charge in [0.15, 0.2) is 0 Å². The van der Waals surface area contributed by atoms with E-state index >= 15 is 0 Å².